The maximum absolute atomic E-state index is 12.6. The van der Waals surface area contributed by atoms with Gasteiger partial charge in [-0.3, -0.25) is 4.79 Å². The first-order chi connectivity index (χ1) is 14.8. The van der Waals surface area contributed by atoms with Crippen LogP contribution in [-0.4, -0.2) is 17.6 Å². The molecule has 3 heterocycles. The number of ether oxygens (including phenoxy) is 1. The van der Waals surface area contributed by atoms with Crippen molar-refractivity contribution in [3.05, 3.63) is 63.8 Å². The molecule has 0 saturated carbocycles. The average Bonchev–Trinajstić information content (AvgIpc) is 3.42. The minimum atomic E-state index is -0.197. The summed E-state index contributed by atoms with van der Waals surface area (Å²) < 4.78 is 5.35. The summed E-state index contributed by atoms with van der Waals surface area (Å²) >= 11 is 3.50. The van der Waals surface area contributed by atoms with Gasteiger partial charge in [-0.25, -0.2) is 4.98 Å². The zero-order valence-corrected chi connectivity index (χ0v) is 19.8. The summed E-state index contributed by atoms with van der Waals surface area (Å²) in [6, 6.07) is 14.6. The van der Waals surface area contributed by atoms with Gasteiger partial charge in [-0.2, -0.15) is 0 Å². The Balaban J connectivity index is 0.00000231. The van der Waals surface area contributed by atoms with Gasteiger partial charge in [0.1, 0.15) is 4.83 Å². The molecule has 0 aliphatic heterocycles. The van der Waals surface area contributed by atoms with Gasteiger partial charge in [0, 0.05) is 10.3 Å². The average molecular weight is 470 g/mol. The highest BCUT2D eigenvalue weighted by molar-refractivity contribution is 7.19. The number of pyridine rings is 1. The van der Waals surface area contributed by atoms with Crippen LogP contribution in [0.25, 0.3) is 31.9 Å². The summed E-state index contributed by atoms with van der Waals surface area (Å²) in [7, 11) is 0. The number of hydrogen-bond donors (Lipinski definition) is 0. The summed E-state index contributed by atoms with van der Waals surface area (Å²) in [4.78, 5) is 21.4. The number of thiophene rings is 2. The molecule has 6 heteroatoms. The molecular weight excluding hydrogens is 446 g/mol. The fraction of sp³-hybridized carbons (Fsp3) is 0.280. The lowest BCUT2D eigenvalue weighted by atomic mass is 9.88. The highest BCUT2D eigenvalue weighted by Crippen LogP contribution is 2.45. The lowest BCUT2D eigenvalue weighted by Crippen LogP contribution is -2.11. The number of carbonyl (C=O) groups excluding carboxylic acids is 1. The first kappa shape index (κ1) is 22.0. The van der Waals surface area contributed by atoms with Crippen LogP contribution in [0.2, 0.25) is 0 Å². The fourth-order valence-corrected chi connectivity index (χ4v) is 6.41. The predicted molar refractivity (Wildman–Crippen MR) is 133 cm³/mol. The third-order valence-corrected chi connectivity index (χ3v) is 7.71. The largest absolute Gasteiger partial charge is 0.466 e. The Morgan fingerprint density at radius 3 is 2.65 bits per heavy atom. The van der Waals surface area contributed by atoms with Crippen LogP contribution >= 0.6 is 35.1 Å². The number of hydrogen-bond acceptors (Lipinski definition) is 5. The molecule has 0 fully saturated rings. The van der Waals surface area contributed by atoms with E-state index in [0.29, 0.717) is 6.61 Å². The molecule has 1 aliphatic rings. The normalized spacial score (nSPS) is 12.9. The van der Waals surface area contributed by atoms with E-state index in [4.69, 9.17) is 9.72 Å². The Morgan fingerprint density at radius 2 is 1.90 bits per heavy atom. The van der Waals surface area contributed by atoms with Crippen molar-refractivity contribution in [3.8, 4) is 21.7 Å². The van der Waals surface area contributed by atoms with Crippen LogP contribution in [0.15, 0.2) is 47.8 Å². The van der Waals surface area contributed by atoms with E-state index in [0.717, 1.165) is 44.9 Å². The molecule has 160 valence electrons. The molecule has 4 aromatic rings. The number of aryl methyl sites for hydroxylation is 2. The van der Waals surface area contributed by atoms with Gasteiger partial charge in [-0.1, -0.05) is 36.4 Å². The molecule has 1 aromatic carbocycles. The maximum atomic E-state index is 12.6. The van der Waals surface area contributed by atoms with Crippen molar-refractivity contribution in [1.82, 2.24) is 4.98 Å². The van der Waals surface area contributed by atoms with Crippen molar-refractivity contribution >= 4 is 51.3 Å². The van der Waals surface area contributed by atoms with Crippen molar-refractivity contribution in [1.29, 1.82) is 0 Å². The van der Waals surface area contributed by atoms with Crippen molar-refractivity contribution < 1.29 is 9.53 Å². The van der Waals surface area contributed by atoms with Crippen LogP contribution in [0.1, 0.15) is 35.8 Å². The summed E-state index contributed by atoms with van der Waals surface area (Å²) in [5, 5.41) is 3.32. The highest BCUT2D eigenvalue weighted by Gasteiger charge is 2.26. The SMILES string of the molecule is CCOC(=O)Cc1c(-c2cccs2)nc2sc3c(c2c1-c1ccccc1)CCCC3.Cl. The van der Waals surface area contributed by atoms with Crippen molar-refractivity contribution in [3.63, 3.8) is 0 Å². The zero-order valence-electron chi connectivity index (χ0n) is 17.3. The molecule has 31 heavy (non-hydrogen) atoms. The second kappa shape index (κ2) is 9.51. The Hall–Kier alpha value is -2.21. The minimum absolute atomic E-state index is 0. The van der Waals surface area contributed by atoms with E-state index in [2.05, 4.69) is 35.7 Å². The monoisotopic (exact) mass is 469 g/mol. The van der Waals surface area contributed by atoms with Crippen LogP contribution < -0.4 is 0 Å². The number of rotatable bonds is 5. The van der Waals surface area contributed by atoms with Crippen LogP contribution in [0.4, 0.5) is 0 Å². The summed E-state index contributed by atoms with van der Waals surface area (Å²) in [6.07, 6.45) is 4.92. The molecule has 0 radical (unpaired) electrons. The standard InChI is InChI=1S/C25H23NO2S2.ClH/c1-2-28-21(27)15-18-22(16-9-4-3-5-10-16)23-17-11-6-7-12-19(17)30-25(23)26-24(18)20-13-8-14-29-20;/h3-5,8-10,13-14H,2,6-7,11-12,15H2,1H3;1H. The molecule has 0 atom stereocenters. The third kappa shape index (κ3) is 4.14. The number of aromatic nitrogens is 1. The van der Waals surface area contributed by atoms with E-state index in [1.54, 1.807) is 11.3 Å². The molecule has 0 unspecified atom stereocenters. The van der Waals surface area contributed by atoms with Gasteiger partial charge in [-0.05, 0) is 66.3 Å². The molecule has 0 N–H and O–H groups in total. The highest BCUT2D eigenvalue weighted by atomic mass is 35.5. The van der Waals surface area contributed by atoms with Gasteiger partial charge in [0.2, 0.25) is 0 Å². The minimum Gasteiger partial charge on any atom is -0.466 e. The molecular formula is C25H24ClNO2S2. The van der Waals surface area contributed by atoms with Gasteiger partial charge >= 0.3 is 5.97 Å². The maximum Gasteiger partial charge on any atom is 0.310 e. The van der Waals surface area contributed by atoms with Crippen molar-refractivity contribution in [2.24, 2.45) is 0 Å². The molecule has 0 bridgehead atoms. The number of benzene rings is 1. The molecule has 0 spiro atoms. The summed E-state index contributed by atoms with van der Waals surface area (Å²) in [5.41, 5.74) is 5.66. The molecule has 3 nitrogen and oxygen atoms in total. The zero-order chi connectivity index (χ0) is 20.5. The quantitative estimate of drug-likeness (QED) is 0.292. The van der Waals surface area contributed by atoms with Gasteiger partial charge in [-0.15, -0.1) is 35.1 Å². The van der Waals surface area contributed by atoms with Gasteiger partial charge in [0.15, 0.2) is 0 Å². The predicted octanol–water partition coefficient (Wildman–Crippen LogP) is 7.10. The molecule has 0 amide bonds. The Morgan fingerprint density at radius 1 is 1.10 bits per heavy atom. The van der Waals surface area contributed by atoms with E-state index in [1.807, 2.05) is 30.4 Å². The second-order valence-electron chi connectivity index (χ2n) is 7.53. The lowest BCUT2D eigenvalue weighted by molar-refractivity contribution is -0.142. The summed E-state index contributed by atoms with van der Waals surface area (Å²) in [6.45, 7) is 2.24. The number of fused-ring (bicyclic) bond motifs is 3. The first-order valence-corrected chi connectivity index (χ1v) is 12.2. The Bertz CT molecular complexity index is 1200. The van der Waals surface area contributed by atoms with Gasteiger partial charge in [0.25, 0.3) is 0 Å². The van der Waals surface area contributed by atoms with E-state index in [9.17, 15) is 4.79 Å². The van der Waals surface area contributed by atoms with Crippen molar-refractivity contribution in [2.75, 3.05) is 6.61 Å². The number of esters is 1. The van der Waals surface area contributed by atoms with E-state index in [1.165, 1.54) is 28.7 Å². The van der Waals surface area contributed by atoms with Crippen LogP contribution in [0.5, 0.6) is 0 Å². The molecule has 5 rings (SSSR count). The fourth-order valence-electron chi connectivity index (χ4n) is 4.40. The number of nitrogens with zero attached hydrogens (tertiary/aromatic N) is 1. The smallest absolute Gasteiger partial charge is 0.310 e. The van der Waals surface area contributed by atoms with Crippen LogP contribution in [0, 0.1) is 0 Å². The lowest BCUT2D eigenvalue weighted by Gasteiger charge is -2.17. The van der Waals surface area contributed by atoms with E-state index >= 15 is 0 Å². The summed E-state index contributed by atoms with van der Waals surface area (Å²) in [5.74, 6) is -0.197. The third-order valence-electron chi connectivity index (χ3n) is 5.65. The van der Waals surface area contributed by atoms with Crippen molar-refractivity contribution in [2.45, 2.75) is 39.0 Å². The molecule has 1 aliphatic carbocycles. The second-order valence-corrected chi connectivity index (χ2v) is 9.56. The van der Waals surface area contributed by atoms with E-state index in [-0.39, 0.29) is 24.8 Å². The van der Waals surface area contributed by atoms with Gasteiger partial charge < -0.3 is 4.74 Å². The Labute approximate surface area is 196 Å². The van der Waals surface area contributed by atoms with E-state index < -0.39 is 0 Å². The Kier molecular flexibility index (Phi) is 6.75. The number of halogens is 1. The van der Waals surface area contributed by atoms with Crippen LogP contribution in [0.3, 0.4) is 0 Å². The van der Waals surface area contributed by atoms with Gasteiger partial charge in [0.05, 0.1) is 23.6 Å². The first-order valence-electron chi connectivity index (χ1n) is 10.5. The number of carbonyl (C=O) groups is 1. The topological polar surface area (TPSA) is 39.2 Å². The van der Waals surface area contributed by atoms with Crippen LogP contribution in [-0.2, 0) is 28.8 Å². The molecule has 3 aromatic heterocycles. The molecule has 0 saturated heterocycles.